The van der Waals surface area contributed by atoms with Gasteiger partial charge in [-0.2, -0.15) is 0 Å². The maximum Gasteiger partial charge on any atom is 0.245 e. The summed E-state index contributed by atoms with van der Waals surface area (Å²) < 4.78 is 0. The van der Waals surface area contributed by atoms with E-state index in [-0.39, 0.29) is 12.8 Å². The van der Waals surface area contributed by atoms with Gasteiger partial charge in [0.1, 0.15) is 12.2 Å². The summed E-state index contributed by atoms with van der Waals surface area (Å²) in [5.41, 5.74) is 0. The molecule has 0 saturated carbocycles. The predicted molar refractivity (Wildman–Crippen MR) is 109 cm³/mol. The van der Waals surface area contributed by atoms with E-state index in [9.17, 15) is 35.2 Å². The van der Waals surface area contributed by atoms with Gasteiger partial charge in [-0.1, -0.05) is 51.2 Å². The zero-order chi connectivity index (χ0) is 22.1. The van der Waals surface area contributed by atoms with Gasteiger partial charge < -0.3 is 10.2 Å². The van der Waals surface area contributed by atoms with E-state index in [2.05, 4.69) is 0 Å². The molecule has 0 aliphatic rings. The van der Waals surface area contributed by atoms with Gasteiger partial charge in [0, 0.05) is 16.3 Å². The molecule has 167 valence electrons. The fraction of sp³-hybridized carbons (Fsp3) is 0.850. The largest absolute Gasteiger partial charge is 0.386 e. The van der Waals surface area contributed by atoms with Crippen molar-refractivity contribution in [1.82, 2.24) is 0 Å². The van der Waals surface area contributed by atoms with Crippen molar-refractivity contribution >= 4 is 6.29 Å². The smallest absolute Gasteiger partial charge is 0.245 e. The summed E-state index contributed by atoms with van der Waals surface area (Å²) in [6.07, 6.45) is 9.63. The molecule has 0 aliphatic heterocycles. The predicted octanol–water partition coefficient (Wildman–Crippen LogP) is 3.37. The molecule has 0 aliphatic carbocycles. The van der Waals surface area contributed by atoms with E-state index in [1.807, 2.05) is 19.3 Å². The van der Waals surface area contributed by atoms with Gasteiger partial charge in [-0.05, 0) is 32.1 Å². The topological polar surface area (TPSA) is 144 Å². The summed E-state index contributed by atoms with van der Waals surface area (Å²) in [5, 5.41) is 42.9. The van der Waals surface area contributed by atoms with Gasteiger partial charge in [-0.3, -0.25) is 25.0 Å². The van der Waals surface area contributed by atoms with E-state index < -0.39 is 40.6 Å². The maximum atomic E-state index is 11.3. The van der Waals surface area contributed by atoms with Crippen LogP contribution in [0.5, 0.6) is 0 Å². The lowest BCUT2D eigenvalue weighted by Crippen LogP contribution is -2.43. The first-order valence-electron chi connectivity index (χ1n) is 10.5. The Kier molecular flexibility index (Phi) is 15.9. The second-order valence-electron chi connectivity index (χ2n) is 7.38. The molecule has 2 N–H and O–H groups in total. The summed E-state index contributed by atoms with van der Waals surface area (Å²) in [6, 6.07) is -2.97. The standard InChI is InChI=1S/C20H35N2O7/c1-2-3-10-13-19(24)17(21(26)27)16-18(22(28)29)20(25)14-11-8-6-4-5-7-9-12-15-23/h8,11,17-20,24-25H,2-7,9-10,12-14,16H2,1H3/b11-8-. The fourth-order valence-electron chi connectivity index (χ4n) is 3.13. The van der Waals surface area contributed by atoms with Crippen molar-refractivity contribution in [2.45, 2.75) is 108 Å². The number of nitrogens with zero attached hydrogens (tertiary/aromatic N) is 2. The Morgan fingerprint density at radius 3 is 2.10 bits per heavy atom. The Labute approximate surface area is 172 Å². The number of hydrogen-bond donors (Lipinski definition) is 2. The summed E-state index contributed by atoms with van der Waals surface area (Å²) >= 11 is 0. The van der Waals surface area contributed by atoms with Crippen LogP contribution >= 0.6 is 0 Å². The molecule has 0 aromatic heterocycles. The Bertz CT molecular complexity index is 499. The van der Waals surface area contributed by atoms with Crippen LogP contribution in [0.2, 0.25) is 0 Å². The zero-order valence-corrected chi connectivity index (χ0v) is 17.3. The number of aliphatic hydroxyl groups is 2. The number of unbranched alkanes of at least 4 members (excludes halogenated alkanes) is 7. The molecule has 4 unspecified atom stereocenters. The molecule has 0 aromatic carbocycles. The van der Waals surface area contributed by atoms with Crippen molar-refractivity contribution in [3.63, 3.8) is 0 Å². The lowest BCUT2D eigenvalue weighted by Gasteiger charge is -2.20. The molecule has 0 spiro atoms. The van der Waals surface area contributed by atoms with Crippen LogP contribution in [0.1, 0.15) is 84.0 Å². The number of hydrogen-bond acceptors (Lipinski definition) is 7. The molecule has 29 heavy (non-hydrogen) atoms. The minimum Gasteiger partial charge on any atom is -0.386 e. The fourth-order valence-corrected chi connectivity index (χ4v) is 3.13. The van der Waals surface area contributed by atoms with Crippen LogP contribution in [-0.4, -0.2) is 50.6 Å². The minimum atomic E-state index is -1.50. The van der Waals surface area contributed by atoms with Gasteiger partial charge in [-0.15, -0.1) is 0 Å². The molecule has 0 heterocycles. The van der Waals surface area contributed by atoms with Crippen LogP contribution < -0.4 is 0 Å². The third-order valence-corrected chi connectivity index (χ3v) is 4.96. The molecular formula is C20H35N2O7. The first kappa shape index (κ1) is 27.1. The van der Waals surface area contributed by atoms with Crippen molar-refractivity contribution in [3.05, 3.63) is 32.4 Å². The van der Waals surface area contributed by atoms with Crippen molar-refractivity contribution in [1.29, 1.82) is 0 Å². The first-order valence-corrected chi connectivity index (χ1v) is 10.5. The van der Waals surface area contributed by atoms with Gasteiger partial charge in [0.05, 0.1) is 6.42 Å². The van der Waals surface area contributed by atoms with Crippen molar-refractivity contribution < 1.29 is 24.9 Å². The molecule has 0 bridgehead atoms. The molecule has 0 fully saturated rings. The summed E-state index contributed by atoms with van der Waals surface area (Å²) in [6.45, 7) is 1.97. The van der Waals surface area contributed by atoms with Gasteiger partial charge in [-0.25, -0.2) is 0 Å². The van der Waals surface area contributed by atoms with Crippen molar-refractivity contribution in [3.8, 4) is 0 Å². The number of carbonyl (C=O) groups excluding carboxylic acids is 1. The number of nitro groups is 2. The molecule has 0 amide bonds. The second-order valence-corrected chi connectivity index (χ2v) is 7.38. The van der Waals surface area contributed by atoms with E-state index in [0.29, 0.717) is 12.8 Å². The molecule has 4 atom stereocenters. The quantitative estimate of drug-likeness (QED) is 0.142. The molecule has 0 rings (SSSR count). The van der Waals surface area contributed by atoms with E-state index >= 15 is 0 Å². The number of rotatable bonds is 19. The second kappa shape index (κ2) is 17.0. The van der Waals surface area contributed by atoms with Gasteiger partial charge in [0.2, 0.25) is 12.1 Å². The Morgan fingerprint density at radius 2 is 1.52 bits per heavy atom. The monoisotopic (exact) mass is 415 g/mol. The lowest BCUT2D eigenvalue weighted by molar-refractivity contribution is -0.573. The van der Waals surface area contributed by atoms with Crippen LogP contribution in [0, 0.1) is 20.2 Å². The van der Waals surface area contributed by atoms with Gasteiger partial charge >= 0.3 is 0 Å². The molecule has 0 saturated heterocycles. The van der Waals surface area contributed by atoms with Crippen LogP contribution in [0.4, 0.5) is 0 Å². The van der Waals surface area contributed by atoms with E-state index in [4.69, 9.17) is 0 Å². The number of aliphatic hydroxyl groups excluding tert-OH is 2. The maximum absolute atomic E-state index is 11.3. The molecule has 9 nitrogen and oxygen atoms in total. The lowest BCUT2D eigenvalue weighted by atomic mass is 9.94. The third kappa shape index (κ3) is 13.1. The molecule has 1 radical (unpaired) electrons. The Balaban J connectivity index is 4.53. The highest BCUT2D eigenvalue weighted by molar-refractivity contribution is 5.50. The minimum absolute atomic E-state index is 0.0299. The van der Waals surface area contributed by atoms with E-state index in [0.717, 1.165) is 44.9 Å². The number of allylic oxidation sites excluding steroid dienone is 1. The summed E-state index contributed by atoms with van der Waals surface area (Å²) in [7, 11) is 0. The average Bonchev–Trinajstić information content (AvgIpc) is 2.66. The summed E-state index contributed by atoms with van der Waals surface area (Å²) in [5.74, 6) is 0. The normalized spacial score (nSPS) is 15.7. The third-order valence-electron chi connectivity index (χ3n) is 4.96. The van der Waals surface area contributed by atoms with Crippen molar-refractivity contribution in [2.24, 2.45) is 0 Å². The first-order chi connectivity index (χ1) is 13.8. The van der Waals surface area contributed by atoms with E-state index in [1.165, 1.54) is 0 Å². The highest BCUT2D eigenvalue weighted by atomic mass is 16.6. The average molecular weight is 416 g/mol. The van der Waals surface area contributed by atoms with Gasteiger partial charge in [0.25, 0.3) is 0 Å². The zero-order valence-electron chi connectivity index (χ0n) is 17.3. The highest BCUT2D eigenvalue weighted by Crippen LogP contribution is 2.18. The van der Waals surface area contributed by atoms with E-state index in [1.54, 1.807) is 6.08 Å². The summed E-state index contributed by atoms with van der Waals surface area (Å²) in [4.78, 5) is 31.3. The Morgan fingerprint density at radius 1 is 0.897 bits per heavy atom. The van der Waals surface area contributed by atoms with Crippen LogP contribution in [-0.2, 0) is 4.79 Å². The van der Waals surface area contributed by atoms with Gasteiger partial charge in [0.15, 0.2) is 6.29 Å². The Hall–Kier alpha value is -1.87. The van der Waals surface area contributed by atoms with Crippen LogP contribution in [0.3, 0.4) is 0 Å². The van der Waals surface area contributed by atoms with Crippen LogP contribution in [0.25, 0.3) is 0 Å². The molecule has 9 heteroatoms. The molecule has 0 aromatic rings. The molecular weight excluding hydrogens is 380 g/mol. The highest BCUT2D eigenvalue weighted by Gasteiger charge is 2.40. The van der Waals surface area contributed by atoms with Crippen LogP contribution in [0.15, 0.2) is 12.2 Å². The van der Waals surface area contributed by atoms with Crippen molar-refractivity contribution in [2.75, 3.05) is 0 Å². The SMILES string of the molecule is CCCCCC(O)C(CC(C(O)C/C=C\CCCCCC[C]=O)[N+](=O)[O-])[N+](=O)[O-].